The molecule has 0 saturated carbocycles. The molecule has 1 heterocycles. The molecule has 0 unspecified atom stereocenters. The Morgan fingerprint density at radius 1 is 1.15 bits per heavy atom. The number of carbonyl (C=O) groups excluding carboxylic acids is 1. The Balaban J connectivity index is 1.52. The van der Waals surface area contributed by atoms with Gasteiger partial charge in [0, 0.05) is 15.4 Å². The van der Waals surface area contributed by atoms with Gasteiger partial charge in [-0.2, -0.15) is 0 Å². The molecule has 26 heavy (non-hydrogen) atoms. The maximum absolute atomic E-state index is 12.1. The van der Waals surface area contributed by atoms with Gasteiger partial charge in [-0.1, -0.05) is 53.5 Å². The number of thiazole rings is 1. The number of hydrogen-bond donors (Lipinski definition) is 1. The van der Waals surface area contributed by atoms with Crippen LogP contribution >= 0.6 is 27.3 Å². The van der Waals surface area contributed by atoms with E-state index in [1.54, 1.807) is 0 Å². The summed E-state index contributed by atoms with van der Waals surface area (Å²) >= 11 is 4.81. The van der Waals surface area contributed by atoms with Crippen molar-refractivity contribution in [1.29, 1.82) is 0 Å². The van der Waals surface area contributed by atoms with Crippen molar-refractivity contribution in [3.05, 3.63) is 63.9 Å². The fraction of sp³-hybridized carbons (Fsp3) is 0.200. The first kappa shape index (κ1) is 18.6. The first-order valence-electron chi connectivity index (χ1n) is 8.37. The van der Waals surface area contributed by atoms with Gasteiger partial charge in [0.15, 0.2) is 11.7 Å². The lowest BCUT2D eigenvalue weighted by Crippen LogP contribution is -2.20. The van der Waals surface area contributed by atoms with Gasteiger partial charge in [-0.25, -0.2) is 4.98 Å². The maximum Gasteiger partial charge on any atom is 0.264 e. The van der Waals surface area contributed by atoms with Crippen molar-refractivity contribution < 1.29 is 9.53 Å². The van der Waals surface area contributed by atoms with E-state index in [0.29, 0.717) is 10.9 Å². The Bertz CT molecular complexity index is 860. The summed E-state index contributed by atoms with van der Waals surface area (Å²) in [5, 5.41) is 5.27. The molecule has 0 aliphatic heterocycles. The molecule has 3 aromatic rings. The Morgan fingerprint density at radius 3 is 2.58 bits per heavy atom. The molecule has 134 valence electrons. The third kappa shape index (κ3) is 5.16. The van der Waals surface area contributed by atoms with Crippen LogP contribution in [0, 0.1) is 0 Å². The van der Waals surface area contributed by atoms with Gasteiger partial charge in [0.05, 0.1) is 5.69 Å². The largest absolute Gasteiger partial charge is 0.484 e. The number of halogens is 1. The fourth-order valence-electron chi connectivity index (χ4n) is 2.43. The molecule has 0 fully saturated rings. The number of anilines is 1. The molecule has 2 aromatic carbocycles. The number of nitrogens with zero attached hydrogens (tertiary/aromatic N) is 1. The zero-order valence-corrected chi connectivity index (χ0v) is 16.8. The molecule has 0 spiro atoms. The highest BCUT2D eigenvalue weighted by molar-refractivity contribution is 9.10. The van der Waals surface area contributed by atoms with Gasteiger partial charge in [0.2, 0.25) is 0 Å². The van der Waals surface area contributed by atoms with E-state index in [0.717, 1.165) is 28.6 Å². The highest BCUT2D eigenvalue weighted by atomic mass is 79.9. The normalized spacial score (nSPS) is 10.5. The van der Waals surface area contributed by atoms with Crippen LogP contribution in [0.3, 0.4) is 0 Å². The zero-order chi connectivity index (χ0) is 18.4. The molecule has 0 aliphatic carbocycles. The summed E-state index contributed by atoms with van der Waals surface area (Å²) in [7, 11) is 0. The fourth-order valence-corrected chi connectivity index (χ4v) is 3.43. The highest BCUT2D eigenvalue weighted by Gasteiger charge is 2.09. The number of aryl methyl sites for hydroxylation is 1. The van der Waals surface area contributed by atoms with Crippen LogP contribution in [0.25, 0.3) is 11.3 Å². The Morgan fingerprint density at radius 2 is 1.88 bits per heavy atom. The molecule has 1 aromatic heterocycles. The molecule has 0 bridgehead atoms. The van der Waals surface area contributed by atoms with E-state index in [4.69, 9.17) is 4.74 Å². The number of nitrogens with one attached hydrogen (secondary N) is 1. The average Bonchev–Trinajstić information content (AvgIpc) is 3.10. The van der Waals surface area contributed by atoms with Crippen LogP contribution in [-0.2, 0) is 11.2 Å². The van der Waals surface area contributed by atoms with E-state index in [9.17, 15) is 4.79 Å². The van der Waals surface area contributed by atoms with Crippen molar-refractivity contribution in [2.45, 2.75) is 19.8 Å². The molecule has 0 saturated heterocycles. The van der Waals surface area contributed by atoms with Crippen LogP contribution < -0.4 is 10.1 Å². The Hall–Kier alpha value is -2.18. The van der Waals surface area contributed by atoms with Crippen LogP contribution in [0.2, 0.25) is 0 Å². The van der Waals surface area contributed by atoms with Crippen LogP contribution in [0.15, 0.2) is 58.4 Å². The standard InChI is InChI=1S/C20H19BrN2O2S/c1-2-3-14-4-10-17(11-5-14)25-12-19(24)23-20-22-18(13-26-20)15-6-8-16(21)9-7-15/h4-11,13H,2-3,12H2,1H3,(H,22,23,24). The Labute approximate surface area is 165 Å². The molecule has 4 nitrogen and oxygen atoms in total. The first-order chi connectivity index (χ1) is 12.6. The monoisotopic (exact) mass is 430 g/mol. The van der Waals surface area contributed by atoms with Gasteiger partial charge in [0.1, 0.15) is 5.75 Å². The third-order valence-corrected chi connectivity index (χ3v) is 5.01. The van der Waals surface area contributed by atoms with Gasteiger partial charge in [-0.05, 0) is 36.2 Å². The van der Waals surface area contributed by atoms with Crippen LogP contribution in [-0.4, -0.2) is 17.5 Å². The number of amides is 1. The summed E-state index contributed by atoms with van der Waals surface area (Å²) in [5.41, 5.74) is 3.12. The predicted octanol–water partition coefficient (Wildman–Crippen LogP) is 5.54. The Kier molecular flexibility index (Phi) is 6.41. The summed E-state index contributed by atoms with van der Waals surface area (Å²) in [6.45, 7) is 2.11. The quantitative estimate of drug-likeness (QED) is 0.534. The van der Waals surface area contributed by atoms with Crippen molar-refractivity contribution in [3.63, 3.8) is 0 Å². The molecule has 0 aliphatic rings. The molecule has 0 radical (unpaired) electrons. The van der Waals surface area contributed by atoms with E-state index in [2.05, 4.69) is 33.2 Å². The maximum atomic E-state index is 12.1. The molecule has 1 N–H and O–H groups in total. The lowest BCUT2D eigenvalue weighted by atomic mass is 10.1. The number of hydrogen-bond acceptors (Lipinski definition) is 4. The van der Waals surface area contributed by atoms with E-state index in [1.807, 2.05) is 53.9 Å². The SMILES string of the molecule is CCCc1ccc(OCC(=O)Nc2nc(-c3ccc(Br)cc3)cs2)cc1. The van der Waals surface area contributed by atoms with Crippen molar-refractivity contribution in [2.24, 2.45) is 0 Å². The summed E-state index contributed by atoms with van der Waals surface area (Å²) < 4.78 is 6.56. The van der Waals surface area contributed by atoms with Crippen molar-refractivity contribution >= 4 is 38.3 Å². The molecular weight excluding hydrogens is 412 g/mol. The van der Waals surface area contributed by atoms with E-state index in [-0.39, 0.29) is 12.5 Å². The summed E-state index contributed by atoms with van der Waals surface area (Å²) in [6.07, 6.45) is 2.16. The average molecular weight is 431 g/mol. The number of ether oxygens (including phenoxy) is 1. The van der Waals surface area contributed by atoms with Crippen molar-refractivity contribution in [1.82, 2.24) is 4.98 Å². The molecule has 3 rings (SSSR count). The second kappa shape index (κ2) is 8.96. The second-order valence-corrected chi connectivity index (χ2v) is 7.55. The van der Waals surface area contributed by atoms with Crippen LogP contribution in [0.1, 0.15) is 18.9 Å². The van der Waals surface area contributed by atoms with E-state index < -0.39 is 0 Å². The van der Waals surface area contributed by atoms with Gasteiger partial charge >= 0.3 is 0 Å². The molecular formula is C20H19BrN2O2S. The van der Waals surface area contributed by atoms with Crippen LogP contribution in [0.4, 0.5) is 5.13 Å². The molecule has 1 amide bonds. The highest BCUT2D eigenvalue weighted by Crippen LogP contribution is 2.26. The zero-order valence-electron chi connectivity index (χ0n) is 14.4. The number of aromatic nitrogens is 1. The minimum Gasteiger partial charge on any atom is -0.484 e. The third-order valence-electron chi connectivity index (χ3n) is 3.72. The van der Waals surface area contributed by atoms with Crippen molar-refractivity contribution in [3.8, 4) is 17.0 Å². The van der Waals surface area contributed by atoms with E-state index in [1.165, 1.54) is 16.9 Å². The number of carbonyl (C=O) groups is 1. The summed E-state index contributed by atoms with van der Waals surface area (Å²) in [5.74, 6) is 0.467. The topological polar surface area (TPSA) is 51.2 Å². The lowest BCUT2D eigenvalue weighted by molar-refractivity contribution is -0.118. The second-order valence-electron chi connectivity index (χ2n) is 5.78. The number of rotatable bonds is 7. The smallest absolute Gasteiger partial charge is 0.264 e. The van der Waals surface area contributed by atoms with Crippen molar-refractivity contribution in [2.75, 3.05) is 11.9 Å². The molecule has 0 atom stereocenters. The van der Waals surface area contributed by atoms with E-state index >= 15 is 0 Å². The minimum atomic E-state index is -0.223. The molecule has 6 heteroatoms. The van der Waals surface area contributed by atoms with Gasteiger partial charge in [0.25, 0.3) is 5.91 Å². The summed E-state index contributed by atoms with van der Waals surface area (Å²) in [6, 6.07) is 15.7. The van der Waals surface area contributed by atoms with Gasteiger partial charge < -0.3 is 4.74 Å². The summed E-state index contributed by atoms with van der Waals surface area (Å²) in [4.78, 5) is 16.5. The van der Waals surface area contributed by atoms with Crippen LogP contribution in [0.5, 0.6) is 5.75 Å². The minimum absolute atomic E-state index is 0.0413. The van der Waals surface area contributed by atoms with Gasteiger partial charge in [-0.3, -0.25) is 10.1 Å². The predicted molar refractivity (Wildman–Crippen MR) is 110 cm³/mol. The number of benzene rings is 2. The first-order valence-corrected chi connectivity index (χ1v) is 10.0. The lowest BCUT2D eigenvalue weighted by Gasteiger charge is -2.06. The van der Waals surface area contributed by atoms with Gasteiger partial charge in [-0.15, -0.1) is 11.3 Å².